The van der Waals surface area contributed by atoms with Crippen LogP contribution in [0.5, 0.6) is 11.5 Å². The molecular weight excluding hydrogens is 292 g/mol. The fourth-order valence-electron chi connectivity index (χ4n) is 2.88. The number of amides is 1. The van der Waals surface area contributed by atoms with Crippen LogP contribution in [0.15, 0.2) is 18.2 Å². The van der Waals surface area contributed by atoms with Crippen molar-refractivity contribution in [3.63, 3.8) is 0 Å². The Hall–Kier alpha value is -1.75. The van der Waals surface area contributed by atoms with E-state index in [1.165, 1.54) is 25.9 Å². The largest absolute Gasteiger partial charge is 0.497 e. The summed E-state index contributed by atoms with van der Waals surface area (Å²) < 4.78 is 10.4. The molecule has 0 saturated carbocycles. The highest BCUT2D eigenvalue weighted by molar-refractivity contribution is 5.97. The molecule has 2 rings (SSSR count). The Balaban J connectivity index is 1.78. The summed E-state index contributed by atoms with van der Waals surface area (Å²) in [6, 6.07) is 5.25. The van der Waals surface area contributed by atoms with Crippen molar-refractivity contribution in [3.8, 4) is 11.5 Å². The quantitative estimate of drug-likeness (QED) is 0.785. The van der Waals surface area contributed by atoms with Gasteiger partial charge in [0.1, 0.15) is 11.5 Å². The molecule has 1 saturated heterocycles. The summed E-state index contributed by atoms with van der Waals surface area (Å²) >= 11 is 0. The molecule has 5 heteroatoms. The Labute approximate surface area is 139 Å². The van der Waals surface area contributed by atoms with Gasteiger partial charge in [-0.1, -0.05) is 6.92 Å². The van der Waals surface area contributed by atoms with Gasteiger partial charge < -0.3 is 19.7 Å². The van der Waals surface area contributed by atoms with Crippen molar-refractivity contribution < 1.29 is 14.3 Å². The number of rotatable bonds is 7. The molecule has 128 valence electrons. The Bertz CT molecular complexity index is 511. The smallest absolute Gasteiger partial charge is 0.255 e. The summed E-state index contributed by atoms with van der Waals surface area (Å²) in [4.78, 5) is 14.8. The highest BCUT2D eigenvalue weighted by atomic mass is 16.5. The van der Waals surface area contributed by atoms with E-state index >= 15 is 0 Å². The molecular formula is C18H28N2O3. The van der Waals surface area contributed by atoms with Gasteiger partial charge in [0.25, 0.3) is 5.91 Å². The van der Waals surface area contributed by atoms with E-state index in [1.807, 2.05) is 0 Å². The molecule has 0 spiro atoms. The van der Waals surface area contributed by atoms with Crippen molar-refractivity contribution in [1.82, 2.24) is 10.2 Å². The zero-order valence-corrected chi connectivity index (χ0v) is 14.4. The summed E-state index contributed by atoms with van der Waals surface area (Å²) in [7, 11) is 3.15. The number of benzene rings is 1. The van der Waals surface area contributed by atoms with Crippen LogP contribution in [0, 0.1) is 5.92 Å². The molecule has 1 aromatic rings. The van der Waals surface area contributed by atoms with Crippen LogP contribution in [0.4, 0.5) is 0 Å². The second-order valence-corrected chi connectivity index (χ2v) is 6.20. The van der Waals surface area contributed by atoms with Crippen LogP contribution in [0.3, 0.4) is 0 Å². The van der Waals surface area contributed by atoms with E-state index < -0.39 is 0 Å². The molecule has 0 aliphatic carbocycles. The summed E-state index contributed by atoms with van der Waals surface area (Å²) in [5.74, 6) is 1.95. The number of methoxy groups -OCH3 is 2. The van der Waals surface area contributed by atoms with Crippen molar-refractivity contribution in [1.29, 1.82) is 0 Å². The van der Waals surface area contributed by atoms with Gasteiger partial charge in [-0.25, -0.2) is 0 Å². The SMILES string of the molecule is COc1ccc(OC)c(C(=O)NCCCN2CCC(C)CC2)c1. The first-order chi connectivity index (χ1) is 11.1. The van der Waals surface area contributed by atoms with E-state index in [0.717, 1.165) is 18.9 Å². The Morgan fingerprint density at radius 3 is 2.65 bits per heavy atom. The predicted octanol–water partition coefficient (Wildman–Crippen LogP) is 2.56. The second kappa shape index (κ2) is 8.77. The molecule has 0 aromatic heterocycles. The van der Waals surface area contributed by atoms with Crippen LogP contribution in [-0.4, -0.2) is 51.2 Å². The average Bonchev–Trinajstić information content (AvgIpc) is 2.59. The average molecular weight is 320 g/mol. The molecule has 0 bridgehead atoms. The fraction of sp³-hybridized carbons (Fsp3) is 0.611. The second-order valence-electron chi connectivity index (χ2n) is 6.20. The lowest BCUT2D eigenvalue weighted by Crippen LogP contribution is -2.35. The van der Waals surface area contributed by atoms with Crippen molar-refractivity contribution in [2.75, 3.05) is 40.4 Å². The molecule has 1 aliphatic rings. The first-order valence-electron chi connectivity index (χ1n) is 8.36. The summed E-state index contributed by atoms with van der Waals surface area (Å²) in [5, 5.41) is 2.97. The van der Waals surface area contributed by atoms with Gasteiger partial charge in [0, 0.05) is 6.54 Å². The summed E-state index contributed by atoms with van der Waals surface area (Å²) in [5.41, 5.74) is 0.513. The molecule has 0 atom stereocenters. The van der Waals surface area contributed by atoms with Gasteiger partial charge in [-0.05, 0) is 63.0 Å². The number of carbonyl (C=O) groups excluding carboxylic acids is 1. The molecule has 1 fully saturated rings. The van der Waals surface area contributed by atoms with E-state index in [4.69, 9.17) is 9.47 Å². The van der Waals surface area contributed by atoms with Gasteiger partial charge in [-0.2, -0.15) is 0 Å². The zero-order valence-electron chi connectivity index (χ0n) is 14.4. The maximum atomic E-state index is 12.3. The molecule has 1 aliphatic heterocycles. The van der Waals surface area contributed by atoms with Crippen LogP contribution in [0.1, 0.15) is 36.5 Å². The first kappa shape index (κ1) is 17.6. The lowest BCUT2D eigenvalue weighted by molar-refractivity contribution is 0.0947. The minimum absolute atomic E-state index is 0.118. The molecule has 0 unspecified atom stereocenters. The third-order valence-corrected chi connectivity index (χ3v) is 4.46. The van der Waals surface area contributed by atoms with Crippen molar-refractivity contribution in [3.05, 3.63) is 23.8 Å². The number of hydrogen-bond acceptors (Lipinski definition) is 4. The summed E-state index contributed by atoms with van der Waals surface area (Å²) in [6.07, 6.45) is 3.53. The fourth-order valence-corrected chi connectivity index (χ4v) is 2.88. The third-order valence-electron chi connectivity index (χ3n) is 4.46. The van der Waals surface area contributed by atoms with Gasteiger partial charge in [-0.15, -0.1) is 0 Å². The van der Waals surface area contributed by atoms with E-state index in [1.54, 1.807) is 32.4 Å². The van der Waals surface area contributed by atoms with Crippen LogP contribution in [0.25, 0.3) is 0 Å². The van der Waals surface area contributed by atoms with Crippen LogP contribution < -0.4 is 14.8 Å². The van der Waals surface area contributed by atoms with Crippen molar-refractivity contribution in [2.45, 2.75) is 26.2 Å². The van der Waals surface area contributed by atoms with Gasteiger partial charge in [0.15, 0.2) is 0 Å². The number of nitrogens with zero attached hydrogens (tertiary/aromatic N) is 1. The molecule has 1 aromatic carbocycles. The van der Waals surface area contributed by atoms with Crippen molar-refractivity contribution in [2.24, 2.45) is 5.92 Å². The molecule has 1 amide bonds. The number of hydrogen-bond donors (Lipinski definition) is 1. The Kier molecular flexibility index (Phi) is 6.71. The maximum Gasteiger partial charge on any atom is 0.255 e. The highest BCUT2D eigenvalue weighted by Gasteiger charge is 2.16. The monoisotopic (exact) mass is 320 g/mol. The van der Waals surface area contributed by atoms with Crippen LogP contribution in [-0.2, 0) is 0 Å². The minimum atomic E-state index is -0.118. The number of nitrogens with one attached hydrogen (secondary N) is 1. The predicted molar refractivity (Wildman–Crippen MR) is 91.3 cm³/mol. The van der Waals surface area contributed by atoms with Gasteiger partial charge in [0.05, 0.1) is 19.8 Å². The van der Waals surface area contributed by atoms with E-state index in [2.05, 4.69) is 17.1 Å². The highest BCUT2D eigenvalue weighted by Crippen LogP contribution is 2.23. The minimum Gasteiger partial charge on any atom is -0.497 e. The number of carbonyl (C=O) groups is 1. The lowest BCUT2D eigenvalue weighted by Gasteiger charge is -2.30. The lowest BCUT2D eigenvalue weighted by atomic mass is 9.99. The summed E-state index contributed by atoms with van der Waals surface area (Å²) in [6.45, 7) is 6.39. The number of piperidine rings is 1. The van der Waals surface area contributed by atoms with Gasteiger partial charge in [-0.3, -0.25) is 4.79 Å². The molecule has 1 heterocycles. The van der Waals surface area contributed by atoms with E-state index in [-0.39, 0.29) is 5.91 Å². The van der Waals surface area contributed by atoms with Gasteiger partial charge in [0.2, 0.25) is 0 Å². The van der Waals surface area contributed by atoms with Crippen LogP contribution in [0.2, 0.25) is 0 Å². The number of ether oxygens (including phenoxy) is 2. The first-order valence-corrected chi connectivity index (χ1v) is 8.36. The topological polar surface area (TPSA) is 50.8 Å². The molecule has 1 N–H and O–H groups in total. The number of likely N-dealkylation sites (tertiary alicyclic amines) is 1. The molecule has 0 radical (unpaired) electrons. The van der Waals surface area contributed by atoms with Gasteiger partial charge >= 0.3 is 0 Å². The third kappa shape index (κ3) is 5.13. The standard InChI is InChI=1S/C18H28N2O3/c1-14-7-11-20(12-8-14)10-4-9-19-18(21)16-13-15(22-2)5-6-17(16)23-3/h5-6,13-14H,4,7-12H2,1-3H3,(H,19,21). The van der Waals surface area contributed by atoms with E-state index in [0.29, 0.717) is 23.6 Å². The van der Waals surface area contributed by atoms with E-state index in [9.17, 15) is 4.79 Å². The van der Waals surface area contributed by atoms with Crippen molar-refractivity contribution >= 4 is 5.91 Å². The zero-order chi connectivity index (χ0) is 16.7. The van der Waals surface area contributed by atoms with Crippen LogP contribution >= 0.6 is 0 Å². The normalized spacial score (nSPS) is 16.1. The maximum absolute atomic E-state index is 12.3. The Morgan fingerprint density at radius 1 is 1.26 bits per heavy atom. The molecule has 5 nitrogen and oxygen atoms in total. The Morgan fingerprint density at radius 2 is 2.00 bits per heavy atom. The molecule has 23 heavy (non-hydrogen) atoms.